The number of hydrogen-bond donors (Lipinski definition) is 2. The van der Waals surface area contributed by atoms with E-state index in [4.69, 9.17) is 0 Å². The summed E-state index contributed by atoms with van der Waals surface area (Å²) in [5.41, 5.74) is -1.83. The molecule has 0 radical (unpaired) electrons. The third-order valence-corrected chi connectivity index (χ3v) is 4.98. The lowest BCUT2D eigenvalue weighted by atomic mass is 10.2. The summed E-state index contributed by atoms with van der Waals surface area (Å²) in [4.78, 5) is 25.4. The van der Waals surface area contributed by atoms with Crippen LogP contribution in [0.5, 0.6) is 0 Å². The molecule has 0 aliphatic carbocycles. The third-order valence-electron chi connectivity index (χ3n) is 3.21. The number of rotatable bonds is 2. The van der Waals surface area contributed by atoms with Crippen molar-refractivity contribution in [3.8, 4) is 0 Å². The average Bonchev–Trinajstić information content (AvgIpc) is 2.53. The number of hydrogen-bond acceptors (Lipinski definition) is 5. The van der Waals surface area contributed by atoms with E-state index in [0.29, 0.717) is 0 Å². The fourth-order valence-corrected chi connectivity index (χ4v) is 3.39. The van der Waals surface area contributed by atoms with E-state index in [0.717, 1.165) is 6.07 Å². The van der Waals surface area contributed by atoms with Gasteiger partial charge in [0.2, 0.25) is 9.84 Å². The standard InChI is InChI=1S/C14H10N2O5S/c17-13-11-8-10(6-7-12(11)15-14(18)16(13)19)22(20,21)9-4-2-1-3-5-9/h1-8,19H,(H,15,18). The Kier molecular flexibility index (Phi) is 3.10. The van der Waals surface area contributed by atoms with Crippen LogP contribution in [-0.4, -0.2) is 23.3 Å². The molecule has 0 saturated carbocycles. The molecule has 0 aliphatic rings. The maximum Gasteiger partial charge on any atom is 0.362 e. The van der Waals surface area contributed by atoms with Crippen molar-refractivity contribution in [3.05, 3.63) is 69.4 Å². The summed E-state index contributed by atoms with van der Waals surface area (Å²) in [5, 5.41) is 9.23. The molecule has 112 valence electrons. The topological polar surface area (TPSA) is 109 Å². The molecule has 0 saturated heterocycles. The van der Waals surface area contributed by atoms with E-state index < -0.39 is 21.1 Å². The largest absolute Gasteiger partial charge is 0.421 e. The van der Waals surface area contributed by atoms with E-state index in [2.05, 4.69) is 4.98 Å². The Labute approximate surface area is 124 Å². The van der Waals surface area contributed by atoms with E-state index in [-0.39, 0.29) is 25.4 Å². The minimum atomic E-state index is -3.79. The predicted octanol–water partition coefficient (Wildman–Crippen LogP) is 0.760. The van der Waals surface area contributed by atoms with Gasteiger partial charge in [0.1, 0.15) is 0 Å². The van der Waals surface area contributed by atoms with Crippen LogP contribution in [0.3, 0.4) is 0 Å². The molecule has 0 atom stereocenters. The number of benzene rings is 2. The van der Waals surface area contributed by atoms with Crippen LogP contribution in [0.2, 0.25) is 0 Å². The van der Waals surface area contributed by atoms with E-state index in [1.54, 1.807) is 18.2 Å². The Morgan fingerprint density at radius 1 is 0.955 bits per heavy atom. The first-order valence-electron chi connectivity index (χ1n) is 6.20. The summed E-state index contributed by atoms with van der Waals surface area (Å²) in [6.07, 6.45) is 0. The summed E-state index contributed by atoms with van der Waals surface area (Å²) in [7, 11) is -3.79. The monoisotopic (exact) mass is 318 g/mol. The molecule has 0 fully saturated rings. The zero-order valence-electron chi connectivity index (χ0n) is 11.1. The Balaban J connectivity index is 2.30. The van der Waals surface area contributed by atoms with Crippen molar-refractivity contribution in [3.63, 3.8) is 0 Å². The summed E-state index contributed by atoms with van der Waals surface area (Å²) >= 11 is 0. The molecule has 3 rings (SSSR count). The van der Waals surface area contributed by atoms with Crippen molar-refractivity contribution in [1.82, 2.24) is 9.71 Å². The first-order chi connectivity index (χ1) is 10.4. The van der Waals surface area contributed by atoms with E-state index in [9.17, 15) is 23.2 Å². The second-order valence-electron chi connectivity index (χ2n) is 4.57. The Hall–Kier alpha value is -2.87. The van der Waals surface area contributed by atoms with Crippen molar-refractivity contribution in [2.24, 2.45) is 0 Å². The highest BCUT2D eigenvalue weighted by molar-refractivity contribution is 7.91. The van der Waals surface area contributed by atoms with Gasteiger partial charge >= 0.3 is 5.69 Å². The van der Waals surface area contributed by atoms with Crippen LogP contribution < -0.4 is 11.2 Å². The quantitative estimate of drug-likeness (QED) is 0.678. The van der Waals surface area contributed by atoms with Crippen LogP contribution in [0.4, 0.5) is 0 Å². The summed E-state index contributed by atoms with van der Waals surface area (Å²) in [5.74, 6) is 0. The van der Waals surface area contributed by atoms with Gasteiger partial charge in [-0.05, 0) is 30.3 Å². The SMILES string of the molecule is O=c1[nH]c2ccc(S(=O)(=O)c3ccccc3)cc2c(=O)n1O. The molecule has 3 aromatic rings. The maximum atomic E-state index is 12.5. The van der Waals surface area contributed by atoms with Crippen molar-refractivity contribution >= 4 is 20.7 Å². The number of sulfone groups is 1. The maximum absolute atomic E-state index is 12.5. The number of aromatic amines is 1. The fraction of sp³-hybridized carbons (Fsp3) is 0. The molecule has 0 aliphatic heterocycles. The summed E-state index contributed by atoms with van der Waals surface area (Å²) < 4.78 is 24.9. The lowest BCUT2D eigenvalue weighted by Crippen LogP contribution is -2.33. The van der Waals surface area contributed by atoms with Crippen molar-refractivity contribution < 1.29 is 13.6 Å². The second kappa shape index (κ2) is 4.85. The highest BCUT2D eigenvalue weighted by Gasteiger charge is 2.18. The zero-order chi connectivity index (χ0) is 15.9. The predicted molar refractivity (Wildman–Crippen MR) is 77.9 cm³/mol. The van der Waals surface area contributed by atoms with Crippen molar-refractivity contribution in [2.75, 3.05) is 0 Å². The molecule has 2 N–H and O–H groups in total. The van der Waals surface area contributed by atoms with Gasteiger partial charge in [0.15, 0.2) is 0 Å². The van der Waals surface area contributed by atoms with Gasteiger partial charge < -0.3 is 10.2 Å². The Morgan fingerprint density at radius 3 is 2.32 bits per heavy atom. The number of fused-ring (bicyclic) bond motifs is 1. The smallest absolute Gasteiger partial charge is 0.362 e. The molecule has 7 nitrogen and oxygen atoms in total. The first-order valence-corrected chi connectivity index (χ1v) is 7.68. The number of H-pyrrole nitrogens is 1. The highest BCUT2D eigenvalue weighted by Crippen LogP contribution is 2.22. The van der Waals surface area contributed by atoms with Gasteiger partial charge in [-0.25, -0.2) is 13.2 Å². The van der Waals surface area contributed by atoms with E-state index in [1.165, 1.54) is 24.3 Å². The lowest BCUT2D eigenvalue weighted by molar-refractivity contribution is 0.162. The molecule has 8 heteroatoms. The number of aromatic nitrogens is 2. The summed E-state index contributed by atoms with van der Waals surface area (Å²) in [6, 6.07) is 11.5. The molecule has 22 heavy (non-hydrogen) atoms. The molecule has 0 spiro atoms. The second-order valence-corrected chi connectivity index (χ2v) is 6.52. The molecule has 0 unspecified atom stereocenters. The Bertz CT molecular complexity index is 1080. The molecular weight excluding hydrogens is 308 g/mol. The molecule has 0 bridgehead atoms. The number of nitrogens with zero attached hydrogens (tertiary/aromatic N) is 1. The van der Waals surface area contributed by atoms with Gasteiger partial charge in [0, 0.05) is 0 Å². The molecule has 2 aromatic carbocycles. The summed E-state index contributed by atoms with van der Waals surface area (Å²) in [6.45, 7) is 0. The van der Waals surface area contributed by atoms with Gasteiger partial charge in [-0.15, -0.1) is 0 Å². The first kappa shape index (κ1) is 14.1. The van der Waals surface area contributed by atoms with Gasteiger partial charge in [-0.1, -0.05) is 22.9 Å². The number of nitrogens with one attached hydrogen (secondary N) is 1. The molecule has 1 aromatic heterocycles. The van der Waals surface area contributed by atoms with Gasteiger partial charge in [0.25, 0.3) is 5.56 Å². The van der Waals surface area contributed by atoms with Gasteiger partial charge in [0.05, 0.1) is 20.7 Å². The van der Waals surface area contributed by atoms with Crippen LogP contribution in [0.15, 0.2) is 67.9 Å². The zero-order valence-corrected chi connectivity index (χ0v) is 11.9. The van der Waals surface area contributed by atoms with Gasteiger partial charge in [-0.2, -0.15) is 0 Å². The highest BCUT2D eigenvalue weighted by atomic mass is 32.2. The average molecular weight is 318 g/mol. The third kappa shape index (κ3) is 2.09. The molecular formula is C14H10N2O5S. The van der Waals surface area contributed by atoms with Crippen LogP contribution >= 0.6 is 0 Å². The van der Waals surface area contributed by atoms with Crippen LogP contribution in [0, 0.1) is 0 Å². The van der Waals surface area contributed by atoms with Gasteiger partial charge in [-0.3, -0.25) is 4.79 Å². The van der Waals surface area contributed by atoms with E-state index in [1.807, 2.05) is 0 Å². The van der Waals surface area contributed by atoms with Crippen LogP contribution in [0.1, 0.15) is 0 Å². The van der Waals surface area contributed by atoms with Crippen molar-refractivity contribution in [2.45, 2.75) is 9.79 Å². The van der Waals surface area contributed by atoms with Crippen molar-refractivity contribution in [1.29, 1.82) is 0 Å². The van der Waals surface area contributed by atoms with Crippen LogP contribution in [-0.2, 0) is 9.84 Å². The normalized spacial score (nSPS) is 11.6. The molecule has 0 amide bonds. The molecule has 1 heterocycles. The minimum absolute atomic E-state index is 0.0862. The lowest BCUT2D eigenvalue weighted by Gasteiger charge is -2.06. The minimum Gasteiger partial charge on any atom is -0.421 e. The van der Waals surface area contributed by atoms with Crippen LogP contribution in [0.25, 0.3) is 10.9 Å². The fourth-order valence-electron chi connectivity index (χ4n) is 2.09. The Morgan fingerprint density at radius 2 is 1.64 bits per heavy atom. The van der Waals surface area contributed by atoms with E-state index >= 15 is 0 Å².